The van der Waals surface area contributed by atoms with Crippen LogP contribution in [0.1, 0.15) is 81.6 Å². The molecule has 9 nitrogen and oxygen atoms in total. The molecule has 8 aromatic rings. The molecule has 0 saturated heterocycles. The highest BCUT2D eigenvalue weighted by Gasteiger charge is 2.30. The van der Waals surface area contributed by atoms with Gasteiger partial charge in [0.05, 0.1) is 16.2 Å². The van der Waals surface area contributed by atoms with Gasteiger partial charge in [0.25, 0.3) is 0 Å². The Labute approximate surface area is 380 Å². The second kappa shape index (κ2) is 19.3. The Morgan fingerprint density at radius 1 is 0.400 bits per heavy atom. The minimum Gasteiger partial charge on any atom is -0.508 e. The van der Waals surface area contributed by atoms with Crippen molar-refractivity contribution in [3.63, 3.8) is 0 Å². The molecule has 0 radical (unpaired) electrons. The van der Waals surface area contributed by atoms with Crippen molar-refractivity contribution in [1.82, 2.24) is 0 Å². The van der Waals surface area contributed by atoms with Crippen LogP contribution in [0.4, 0.5) is 0 Å². The number of fused-ring (bicyclic) bond motifs is 5. The van der Waals surface area contributed by atoms with Gasteiger partial charge in [0.2, 0.25) is 0 Å². The Bertz CT molecular complexity index is 2990. The van der Waals surface area contributed by atoms with Gasteiger partial charge in [0, 0.05) is 21.5 Å². The van der Waals surface area contributed by atoms with Crippen LogP contribution < -0.4 is 14.2 Å². The first-order chi connectivity index (χ1) is 30.8. The Morgan fingerprint density at radius 3 is 1.15 bits per heavy atom. The lowest BCUT2D eigenvalue weighted by Crippen LogP contribution is -2.28. The maximum atomic E-state index is 12.6. The number of carbonyl (C=O) groups excluding carboxylic acids is 3. The molecule has 3 N–H and O–H groups in total. The SMILES string of the molecule is CCC(C)(C)C(=O)Oc1c2ccccc2c(O)c2ccccc12.CCC(C)(C)C(=O)Oc1ccc2cc(O)ccc2c1.CCC(C)(C)C(=O)Oc1ccc2cc3cc(O)ccc3cc2c1. The highest BCUT2D eigenvalue weighted by Crippen LogP contribution is 2.43. The maximum Gasteiger partial charge on any atom is 0.316 e. The summed E-state index contributed by atoms with van der Waals surface area (Å²) in [7, 11) is 0. The third-order valence-corrected chi connectivity index (χ3v) is 12.3. The first kappa shape index (κ1) is 47.4. The molecule has 0 fully saturated rings. The van der Waals surface area contributed by atoms with Crippen LogP contribution in [0.25, 0.3) is 53.9 Å². The quantitative estimate of drug-likeness (QED) is 0.0734. The number of rotatable bonds is 9. The van der Waals surface area contributed by atoms with Crippen LogP contribution in [0, 0.1) is 16.2 Å². The van der Waals surface area contributed by atoms with E-state index >= 15 is 0 Å². The molecular formula is C56H58O9. The summed E-state index contributed by atoms with van der Waals surface area (Å²) in [5, 5.41) is 38.3. The summed E-state index contributed by atoms with van der Waals surface area (Å²) in [5.41, 5.74) is -1.53. The number of ether oxygens (including phenoxy) is 3. The van der Waals surface area contributed by atoms with Gasteiger partial charge in [-0.3, -0.25) is 14.4 Å². The van der Waals surface area contributed by atoms with Crippen molar-refractivity contribution in [2.75, 3.05) is 0 Å². The molecule has 0 saturated carbocycles. The van der Waals surface area contributed by atoms with Crippen molar-refractivity contribution in [3.05, 3.63) is 133 Å². The average molecular weight is 875 g/mol. The number of hydrogen-bond acceptors (Lipinski definition) is 9. The highest BCUT2D eigenvalue weighted by atomic mass is 16.5. The van der Waals surface area contributed by atoms with Crippen molar-refractivity contribution in [2.24, 2.45) is 16.2 Å². The van der Waals surface area contributed by atoms with Crippen LogP contribution in [0.2, 0.25) is 0 Å². The molecule has 9 heteroatoms. The number of carbonyl (C=O) groups is 3. The Morgan fingerprint density at radius 2 is 0.723 bits per heavy atom. The van der Waals surface area contributed by atoms with Crippen LogP contribution >= 0.6 is 0 Å². The second-order valence-corrected chi connectivity index (χ2v) is 18.2. The summed E-state index contributed by atoms with van der Waals surface area (Å²) in [4.78, 5) is 36.7. The van der Waals surface area contributed by atoms with E-state index in [1.54, 1.807) is 48.5 Å². The monoisotopic (exact) mass is 874 g/mol. The lowest BCUT2D eigenvalue weighted by Gasteiger charge is -2.22. The number of benzene rings is 8. The van der Waals surface area contributed by atoms with Crippen molar-refractivity contribution in [1.29, 1.82) is 0 Å². The zero-order valence-electron chi connectivity index (χ0n) is 38.6. The lowest BCUT2D eigenvalue weighted by molar-refractivity contribution is -0.144. The van der Waals surface area contributed by atoms with Gasteiger partial charge >= 0.3 is 17.9 Å². The van der Waals surface area contributed by atoms with Gasteiger partial charge in [-0.2, -0.15) is 0 Å². The van der Waals surface area contributed by atoms with E-state index in [0.717, 1.165) is 55.9 Å². The van der Waals surface area contributed by atoms with E-state index in [-0.39, 0.29) is 35.2 Å². The lowest BCUT2D eigenvalue weighted by atomic mass is 9.90. The first-order valence-corrected chi connectivity index (χ1v) is 22.0. The van der Waals surface area contributed by atoms with Gasteiger partial charge < -0.3 is 29.5 Å². The van der Waals surface area contributed by atoms with Crippen LogP contribution in [-0.2, 0) is 14.4 Å². The molecule has 0 unspecified atom stereocenters. The molecule has 0 aromatic heterocycles. The van der Waals surface area contributed by atoms with Gasteiger partial charge in [-0.05, 0) is 154 Å². The number of esters is 3. The normalized spacial score (nSPS) is 11.7. The maximum absolute atomic E-state index is 12.6. The number of aromatic hydroxyl groups is 3. The van der Waals surface area contributed by atoms with E-state index in [0.29, 0.717) is 34.4 Å². The fourth-order valence-electron chi connectivity index (χ4n) is 6.63. The van der Waals surface area contributed by atoms with E-state index in [1.165, 1.54) is 0 Å². The van der Waals surface area contributed by atoms with Crippen molar-refractivity contribution in [3.8, 4) is 34.5 Å². The molecule has 0 heterocycles. The molecule has 8 aromatic carbocycles. The third-order valence-electron chi connectivity index (χ3n) is 12.3. The summed E-state index contributed by atoms with van der Waals surface area (Å²) in [6.45, 7) is 17.2. The number of phenolic OH excluding ortho intramolecular Hbond substituents is 3. The van der Waals surface area contributed by atoms with Gasteiger partial charge in [-0.1, -0.05) is 93.6 Å². The molecule has 0 aliphatic carbocycles. The largest absolute Gasteiger partial charge is 0.508 e. The highest BCUT2D eigenvalue weighted by molar-refractivity contribution is 6.11. The predicted molar refractivity (Wildman–Crippen MR) is 261 cm³/mol. The molecule has 65 heavy (non-hydrogen) atoms. The summed E-state index contributed by atoms with van der Waals surface area (Å²) < 4.78 is 16.7. The van der Waals surface area contributed by atoms with Crippen LogP contribution in [0.3, 0.4) is 0 Å². The smallest absolute Gasteiger partial charge is 0.316 e. The van der Waals surface area contributed by atoms with Crippen molar-refractivity contribution in [2.45, 2.75) is 81.6 Å². The molecule has 0 spiro atoms. The number of hydrogen-bond donors (Lipinski definition) is 3. The van der Waals surface area contributed by atoms with Gasteiger partial charge in [-0.25, -0.2) is 0 Å². The summed E-state index contributed by atoms with van der Waals surface area (Å²) >= 11 is 0. The summed E-state index contributed by atoms with van der Waals surface area (Å²) in [6, 6.07) is 40.3. The van der Waals surface area contributed by atoms with E-state index < -0.39 is 16.2 Å². The second-order valence-electron chi connectivity index (χ2n) is 18.2. The van der Waals surface area contributed by atoms with Gasteiger partial charge in [0.1, 0.15) is 34.5 Å². The van der Waals surface area contributed by atoms with Crippen LogP contribution in [-0.4, -0.2) is 33.2 Å². The van der Waals surface area contributed by atoms with Crippen molar-refractivity contribution < 1.29 is 43.9 Å². The molecule has 0 bridgehead atoms. The molecular weight excluding hydrogens is 817 g/mol. The Hall–Kier alpha value is -7.13. The van der Waals surface area contributed by atoms with E-state index in [9.17, 15) is 29.7 Å². The first-order valence-electron chi connectivity index (χ1n) is 22.0. The van der Waals surface area contributed by atoms with E-state index in [1.807, 2.05) is 147 Å². The van der Waals surface area contributed by atoms with Gasteiger partial charge in [-0.15, -0.1) is 0 Å². The fourth-order valence-corrected chi connectivity index (χ4v) is 6.63. The predicted octanol–water partition coefficient (Wildman–Crippen LogP) is 14.0. The summed E-state index contributed by atoms with van der Waals surface area (Å²) in [6.07, 6.45) is 2.15. The van der Waals surface area contributed by atoms with E-state index in [4.69, 9.17) is 14.2 Å². The molecule has 336 valence electrons. The Balaban J connectivity index is 0.000000163. The molecule has 0 amide bonds. The molecule has 8 rings (SSSR count). The standard InChI is InChI=1S/2C20H20O3.C16H18O3/c1-4-20(2,3)19(22)23-18-8-6-14-9-15-11-17(21)7-5-13(15)10-16(14)12-18;1-4-20(2,3)19(22)23-18-15-11-7-5-9-13(15)17(21)14-10-6-8-12-16(14)18;1-4-16(2,3)15(18)19-14-8-6-11-9-13(17)7-5-12(11)10-14/h2*5-12,21H,4H2,1-3H3;5-10,17H,4H2,1-3H3. The van der Waals surface area contributed by atoms with Crippen LogP contribution in [0.5, 0.6) is 34.5 Å². The average Bonchev–Trinajstić information content (AvgIpc) is 3.30. The minimum atomic E-state index is -0.555. The minimum absolute atomic E-state index is 0.214. The zero-order chi connectivity index (χ0) is 47.3. The molecule has 0 atom stereocenters. The van der Waals surface area contributed by atoms with E-state index in [2.05, 4.69) is 0 Å². The summed E-state index contributed by atoms with van der Waals surface area (Å²) in [5.74, 6) is 1.59. The molecule has 0 aliphatic heterocycles. The topological polar surface area (TPSA) is 140 Å². The number of phenols is 3. The molecule has 0 aliphatic rings. The fraction of sp³-hybridized carbons (Fsp3) is 0.268. The van der Waals surface area contributed by atoms with Gasteiger partial charge in [0.15, 0.2) is 0 Å². The van der Waals surface area contributed by atoms with Crippen molar-refractivity contribution >= 4 is 71.8 Å². The van der Waals surface area contributed by atoms with Crippen LogP contribution in [0.15, 0.2) is 133 Å². The third kappa shape index (κ3) is 10.8. The Kier molecular flexibility index (Phi) is 14.1. The zero-order valence-corrected chi connectivity index (χ0v) is 38.6.